The van der Waals surface area contributed by atoms with E-state index in [1.165, 1.54) is 18.2 Å². The van der Waals surface area contributed by atoms with Crippen molar-refractivity contribution in [2.75, 3.05) is 0 Å². The van der Waals surface area contributed by atoms with Crippen molar-refractivity contribution >= 4 is 11.6 Å². The van der Waals surface area contributed by atoms with Crippen LogP contribution < -0.4 is 0 Å². The molecule has 0 bridgehead atoms. The van der Waals surface area contributed by atoms with E-state index in [0.29, 0.717) is 34.9 Å². The summed E-state index contributed by atoms with van der Waals surface area (Å²) in [5.74, 6) is -2.23. The Kier molecular flexibility index (Phi) is 8.49. The van der Waals surface area contributed by atoms with Crippen LogP contribution in [0.1, 0.15) is 119 Å². The first-order chi connectivity index (χ1) is 18.0. The molecular formula is C31H30F6O2. The van der Waals surface area contributed by atoms with Crippen molar-refractivity contribution in [1.82, 2.24) is 0 Å². The number of hydrogen-bond donors (Lipinski definition) is 0. The summed E-state index contributed by atoms with van der Waals surface area (Å²) < 4.78 is 82.9. The smallest absolute Gasteiger partial charge is 0.289 e. The van der Waals surface area contributed by atoms with E-state index in [1.54, 1.807) is 0 Å². The summed E-state index contributed by atoms with van der Waals surface area (Å²) in [6.07, 6.45) is -10.5. The summed E-state index contributed by atoms with van der Waals surface area (Å²) in [7, 11) is 0. The first-order valence-electron chi connectivity index (χ1n) is 12.6. The van der Waals surface area contributed by atoms with E-state index in [1.807, 2.05) is 53.7 Å². The van der Waals surface area contributed by atoms with Crippen molar-refractivity contribution in [3.63, 3.8) is 0 Å². The summed E-state index contributed by atoms with van der Waals surface area (Å²) in [4.78, 5) is 27.7. The number of hydrogen-bond acceptors (Lipinski definition) is 2. The van der Waals surface area contributed by atoms with Crippen LogP contribution in [0.3, 0.4) is 0 Å². The zero-order valence-corrected chi connectivity index (χ0v) is 22.5. The highest BCUT2D eigenvalue weighted by atomic mass is 19.4. The Morgan fingerprint density at radius 2 is 0.949 bits per heavy atom. The fourth-order valence-electron chi connectivity index (χ4n) is 4.64. The molecule has 0 atom stereocenters. The maximum Gasteiger partial charge on any atom is 0.417 e. The van der Waals surface area contributed by atoms with Crippen LogP contribution >= 0.6 is 0 Å². The van der Waals surface area contributed by atoms with E-state index in [4.69, 9.17) is 0 Å². The van der Waals surface area contributed by atoms with Crippen LogP contribution in [0, 0.1) is 0 Å². The first-order valence-corrected chi connectivity index (χ1v) is 12.6. The lowest BCUT2D eigenvalue weighted by Crippen LogP contribution is -2.22. The fourth-order valence-corrected chi connectivity index (χ4v) is 4.64. The predicted octanol–water partition coefficient (Wildman–Crippen LogP) is 9.56. The van der Waals surface area contributed by atoms with E-state index in [2.05, 4.69) is 0 Å². The molecule has 0 saturated heterocycles. The van der Waals surface area contributed by atoms with E-state index in [0.717, 1.165) is 11.6 Å². The Bertz CT molecular complexity index is 1330. The molecule has 0 spiro atoms. The van der Waals surface area contributed by atoms with Gasteiger partial charge < -0.3 is 0 Å². The molecule has 0 N–H and O–H groups in total. The molecule has 0 radical (unpaired) electrons. The third-order valence-corrected chi connectivity index (χ3v) is 6.68. The SMILES string of the molecule is CC(C)c1cc(C(C)C)c(C(=O)c2ccccc2C(=O)c2c(C(F)(F)F)cccc2C(F)(F)F)c(C(C)C)c1. The van der Waals surface area contributed by atoms with Gasteiger partial charge in [-0.05, 0) is 46.6 Å². The van der Waals surface area contributed by atoms with Gasteiger partial charge in [0.15, 0.2) is 11.6 Å². The van der Waals surface area contributed by atoms with Gasteiger partial charge >= 0.3 is 12.4 Å². The number of rotatable bonds is 7. The number of carbonyl (C=O) groups is 2. The molecule has 3 rings (SSSR count). The van der Waals surface area contributed by atoms with Gasteiger partial charge in [-0.25, -0.2) is 0 Å². The largest absolute Gasteiger partial charge is 0.417 e. The Labute approximate surface area is 224 Å². The number of halogens is 6. The van der Waals surface area contributed by atoms with Gasteiger partial charge in [0.25, 0.3) is 0 Å². The van der Waals surface area contributed by atoms with Gasteiger partial charge in [0.05, 0.1) is 11.1 Å². The monoisotopic (exact) mass is 548 g/mol. The van der Waals surface area contributed by atoms with Crippen molar-refractivity contribution in [3.8, 4) is 0 Å². The van der Waals surface area contributed by atoms with Crippen LogP contribution in [0.2, 0.25) is 0 Å². The molecule has 3 aromatic rings. The molecule has 0 amide bonds. The number of ketones is 2. The maximum atomic E-state index is 14.1. The van der Waals surface area contributed by atoms with Gasteiger partial charge in [0.1, 0.15) is 0 Å². The molecule has 208 valence electrons. The highest BCUT2D eigenvalue weighted by molar-refractivity contribution is 6.21. The van der Waals surface area contributed by atoms with Gasteiger partial charge in [-0.1, -0.05) is 84.0 Å². The van der Waals surface area contributed by atoms with E-state index >= 15 is 0 Å². The topological polar surface area (TPSA) is 34.1 Å². The third-order valence-electron chi connectivity index (χ3n) is 6.68. The summed E-state index contributed by atoms with van der Waals surface area (Å²) in [6, 6.07) is 10.4. The highest BCUT2D eigenvalue weighted by Crippen LogP contribution is 2.41. The third kappa shape index (κ3) is 6.10. The first kappa shape index (κ1) is 30.1. The van der Waals surface area contributed by atoms with Gasteiger partial charge in [-0.2, -0.15) is 26.3 Å². The number of alkyl halides is 6. The summed E-state index contributed by atoms with van der Waals surface area (Å²) in [5.41, 5.74) is -3.03. The molecule has 0 aliphatic heterocycles. The second-order valence-corrected chi connectivity index (χ2v) is 10.5. The van der Waals surface area contributed by atoms with E-state index in [9.17, 15) is 35.9 Å². The molecule has 2 nitrogen and oxygen atoms in total. The second kappa shape index (κ2) is 11.0. The minimum absolute atomic E-state index is 0.120. The molecule has 39 heavy (non-hydrogen) atoms. The van der Waals surface area contributed by atoms with Crippen LogP contribution in [0.25, 0.3) is 0 Å². The summed E-state index contributed by atoms with van der Waals surface area (Å²) in [6.45, 7) is 11.6. The molecule has 0 heterocycles. The normalized spacial score (nSPS) is 12.5. The molecular weight excluding hydrogens is 518 g/mol. The molecule has 0 unspecified atom stereocenters. The molecule has 0 aromatic heterocycles. The zero-order chi connectivity index (χ0) is 29.4. The fraction of sp³-hybridized carbons (Fsp3) is 0.355. The van der Waals surface area contributed by atoms with Crippen LogP contribution in [-0.4, -0.2) is 11.6 Å². The number of carbonyl (C=O) groups excluding carboxylic acids is 2. The Morgan fingerprint density at radius 1 is 0.564 bits per heavy atom. The van der Waals surface area contributed by atoms with Crippen molar-refractivity contribution in [1.29, 1.82) is 0 Å². The second-order valence-electron chi connectivity index (χ2n) is 10.5. The minimum Gasteiger partial charge on any atom is -0.289 e. The Balaban J connectivity index is 2.34. The van der Waals surface area contributed by atoms with Crippen LogP contribution in [0.5, 0.6) is 0 Å². The average molecular weight is 549 g/mol. The van der Waals surface area contributed by atoms with Gasteiger partial charge in [-0.15, -0.1) is 0 Å². The minimum atomic E-state index is -5.23. The molecule has 8 heteroatoms. The molecule has 3 aromatic carbocycles. The quantitative estimate of drug-likeness (QED) is 0.218. The van der Waals surface area contributed by atoms with Gasteiger partial charge in [0.2, 0.25) is 0 Å². The van der Waals surface area contributed by atoms with Crippen LogP contribution in [0.15, 0.2) is 54.6 Å². The average Bonchev–Trinajstić information content (AvgIpc) is 2.85. The van der Waals surface area contributed by atoms with Crippen molar-refractivity contribution in [2.45, 2.75) is 71.6 Å². The lowest BCUT2D eigenvalue weighted by molar-refractivity contribution is -0.143. The Morgan fingerprint density at radius 3 is 1.28 bits per heavy atom. The van der Waals surface area contributed by atoms with Crippen LogP contribution in [0.4, 0.5) is 26.3 Å². The van der Waals surface area contributed by atoms with E-state index < -0.39 is 46.2 Å². The maximum absolute atomic E-state index is 14.1. The molecule has 0 aliphatic carbocycles. The number of benzene rings is 3. The van der Waals surface area contributed by atoms with Crippen molar-refractivity contribution in [3.05, 3.63) is 105 Å². The molecule has 0 fully saturated rings. The lowest BCUT2D eigenvalue weighted by atomic mass is 9.80. The molecule has 0 aliphatic rings. The van der Waals surface area contributed by atoms with Crippen LogP contribution in [-0.2, 0) is 12.4 Å². The van der Waals surface area contributed by atoms with E-state index in [-0.39, 0.29) is 23.3 Å². The van der Waals surface area contributed by atoms with Gasteiger partial charge in [0, 0.05) is 22.3 Å². The standard InChI is InChI=1S/C31H30F6O2/c1-16(2)19-14-22(17(3)4)26(23(15-19)18(5)6)28(38)20-10-7-8-11-21(20)29(39)27-24(30(32,33)34)12-9-13-25(27)31(35,36)37/h7-18H,1-6H3. The summed E-state index contributed by atoms with van der Waals surface area (Å²) >= 11 is 0. The van der Waals surface area contributed by atoms with Gasteiger partial charge in [-0.3, -0.25) is 9.59 Å². The summed E-state index contributed by atoms with van der Waals surface area (Å²) in [5, 5.41) is 0. The lowest BCUT2D eigenvalue weighted by Gasteiger charge is -2.23. The highest BCUT2D eigenvalue weighted by Gasteiger charge is 2.43. The Hall–Kier alpha value is -3.42. The van der Waals surface area contributed by atoms with Crippen molar-refractivity contribution in [2.24, 2.45) is 0 Å². The zero-order valence-electron chi connectivity index (χ0n) is 22.5. The predicted molar refractivity (Wildman–Crippen MR) is 138 cm³/mol. The van der Waals surface area contributed by atoms with Crippen molar-refractivity contribution < 1.29 is 35.9 Å². The molecule has 0 saturated carbocycles.